The fourth-order valence-electron chi connectivity index (χ4n) is 3.57. The first-order valence-electron chi connectivity index (χ1n) is 7.08. The third-order valence-corrected chi connectivity index (χ3v) is 6.14. The molecule has 0 saturated carbocycles. The van der Waals surface area contributed by atoms with Crippen LogP contribution in [-0.4, -0.2) is 36.5 Å². The number of carbonyl (C=O) groups is 1. The van der Waals surface area contributed by atoms with Crippen molar-refractivity contribution in [3.05, 3.63) is 32.4 Å². The maximum absolute atomic E-state index is 12.8. The topological polar surface area (TPSA) is 32.3 Å². The summed E-state index contributed by atoms with van der Waals surface area (Å²) in [4.78, 5) is 14.8. The summed E-state index contributed by atoms with van der Waals surface area (Å²) in [5.74, 6) is 1.36. The summed E-state index contributed by atoms with van der Waals surface area (Å²) in [6.07, 6.45) is 1.02. The van der Waals surface area contributed by atoms with Crippen LogP contribution in [0.15, 0.2) is 18.2 Å². The summed E-state index contributed by atoms with van der Waals surface area (Å²) in [7, 11) is 0. The minimum absolute atomic E-state index is 0.129. The average molecular weight is 405 g/mol. The van der Waals surface area contributed by atoms with Gasteiger partial charge in [0.1, 0.15) is 0 Å². The second kappa shape index (κ2) is 5.81. The Balaban J connectivity index is 1.84. The lowest BCUT2D eigenvalue weighted by Crippen LogP contribution is -2.39. The Hall–Kier alpha value is -0.330. The molecule has 2 aliphatic rings. The molecule has 1 amide bonds. The van der Waals surface area contributed by atoms with Crippen molar-refractivity contribution in [2.75, 3.05) is 19.6 Å². The van der Waals surface area contributed by atoms with Crippen LogP contribution < -0.4 is 5.32 Å². The quantitative estimate of drug-likeness (QED) is 0.769. The van der Waals surface area contributed by atoms with E-state index in [-0.39, 0.29) is 5.91 Å². The molecule has 3 unspecified atom stereocenters. The van der Waals surface area contributed by atoms with E-state index >= 15 is 0 Å². The number of hydrogen-bond acceptors (Lipinski definition) is 2. The number of hydrogen-bond donors (Lipinski definition) is 1. The zero-order valence-electron chi connectivity index (χ0n) is 11.4. The van der Waals surface area contributed by atoms with Gasteiger partial charge in [0, 0.05) is 34.8 Å². The number of nitrogens with one attached hydrogen (secondary N) is 1. The third-order valence-electron chi connectivity index (χ3n) is 4.56. The summed E-state index contributed by atoms with van der Waals surface area (Å²) in [6.45, 7) is 5.13. The van der Waals surface area contributed by atoms with Gasteiger partial charge in [-0.05, 0) is 59.0 Å². The lowest BCUT2D eigenvalue weighted by Gasteiger charge is -2.27. The molecule has 2 saturated heterocycles. The standard InChI is InChI=1S/C15H18ClIN2O/c1-2-14-11-7-18-6-10(11)8-19(14)15(20)9-3-4-13(17)12(16)5-9/h3-5,10-11,14,18H,2,6-8H2,1H3. The second-order valence-corrected chi connectivity index (χ2v) is 7.21. The van der Waals surface area contributed by atoms with Gasteiger partial charge in [-0.2, -0.15) is 0 Å². The fourth-order valence-corrected chi connectivity index (χ4v) is 4.09. The molecule has 1 aromatic carbocycles. The normalized spacial score (nSPS) is 28.8. The van der Waals surface area contributed by atoms with Crippen LogP contribution in [0.25, 0.3) is 0 Å². The van der Waals surface area contributed by atoms with Crippen molar-refractivity contribution in [1.29, 1.82) is 0 Å². The van der Waals surface area contributed by atoms with Crippen LogP contribution >= 0.6 is 34.2 Å². The highest BCUT2D eigenvalue weighted by molar-refractivity contribution is 14.1. The molecular weight excluding hydrogens is 387 g/mol. The Labute approximate surface area is 138 Å². The van der Waals surface area contributed by atoms with E-state index in [1.54, 1.807) is 6.07 Å². The molecule has 0 aromatic heterocycles. The Kier molecular flexibility index (Phi) is 4.24. The Bertz CT molecular complexity index is 537. The summed E-state index contributed by atoms with van der Waals surface area (Å²) >= 11 is 8.32. The number of benzene rings is 1. The Morgan fingerprint density at radius 1 is 1.50 bits per heavy atom. The number of halogens is 2. The van der Waals surface area contributed by atoms with Crippen LogP contribution in [0.1, 0.15) is 23.7 Å². The highest BCUT2D eigenvalue weighted by atomic mass is 127. The first-order valence-corrected chi connectivity index (χ1v) is 8.54. The molecule has 0 bridgehead atoms. The summed E-state index contributed by atoms with van der Waals surface area (Å²) < 4.78 is 0.982. The SMILES string of the molecule is CCC1C2CNCC2CN1C(=O)c1ccc(I)c(Cl)c1. The van der Waals surface area contributed by atoms with Crippen LogP contribution in [-0.2, 0) is 0 Å². The first-order chi connectivity index (χ1) is 9.61. The van der Waals surface area contributed by atoms with Crippen molar-refractivity contribution in [2.45, 2.75) is 19.4 Å². The molecule has 3 rings (SSSR count). The molecule has 3 atom stereocenters. The summed E-state index contributed by atoms with van der Waals surface area (Å²) in [5, 5.41) is 4.10. The van der Waals surface area contributed by atoms with Crippen molar-refractivity contribution < 1.29 is 4.79 Å². The Morgan fingerprint density at radius 3 is 3.00 bits per heavy atom. The fraction of sp³-hybridized carbons (Fsp3) is 0.533. The van der Waals surface area contributed by atoms with Crippen molar-refractivity contribution in [3.8, 4) is 0 Å². The van der Waals surface area contributed by atoms with Crippen LogP contribution in [0.4, 0.5) is 0 Å². The van der Waals surface area contributed by atoms with Gasteiger partial charge in [0.2, 0.25) is 0 Å². The largest absolute Gasteiger partial charge is 0.335 e. The minimum Gasteiger partial charge on any atom is -0.335 e. The van der Waals surface area contributed by atoms with Gasteiger partial charge in [-0.15, -0.1) is 0 Å². The van der Waals surface area contributed by atoms with Crippen molar-refractivity contribution in [3.63, 3.8) is 0 Å². The highest BCUT2D eigenvalue weighted by Gasteiger charge is 2.45. The van der Waals surface area contributed by atoms with Crippen molar-refractivity contribution in [2.24, 2.45) is 11.8 Å². The van der Waals surface area contributed by atoms with E-state index < -0.39 is 0 Å². The van der Waals surface area contributed by atoms with E-state index in [0.717, 1.165) is 29.6 Å². The van der Waals surface area contributed by atoms with Crippen molar-refractivity contribution in [1.82, 2.24) is 10.2 Å². The van der Waals surface area contributed by atoms with E-state index in [4.69, 9.17) is 11.6 Å². The maximum Gasteiger partial charge on any atom is 0.254 e. The molecular formula is C15H18ClIN2O. The molecule has 1 N–H and O–H groups in total. The van der Waals surface area contributed by atoms with Crippen LogP contribution in [0.5, 0.6) is 0 Å². The van der Waals surface area contributed by atoms with Crippen LogP contribution in [0.2, 0.25) is 5.02 Å². The van der Waals surface area contributed by atoms with Gasteiger partial charge in [0.05, 0.1) is 5.02 Å². The van der Waals surface area contributed by atoms with Crippen LogP contribution in [0, 0.1) is 15.4 Å². The van der Waals surface area contributed by atoms with E-state index in [9.17, 15) is 4.79 Å². The highest BCUT2D eigenvalue weighted by Crippen LogP contribution is 2.35. The van der Waals surface area contributed by atoms with Gasteiger partial charge in [-0.1, -0.05) is 18.5 Å². The molecule has 20 heavy (non-hydrogen) atoms. The van der Waals surface area contributed by atoms with Gasteiger partial charge < -0.3 is 10.2 Å². The zero-order chi connectivity index (χ0) is 14.3. The molecule has 0 aliphatic carbocycles. The number of likely N-dealkylation sites (tertiary alicyclic amines) is 1. The summed E-state index contributed by atoms with van der Waals surface area (Å²) in [6, 6.07) is 5.95. The van der Waals surface area contributed by atoms with Gasteiger partial charge in [-0.3, -0.25) is 4.79 Å². The lowest BCUT2D eigenvalue weighted by molar-refractivity contribution is 0.0711. The van der Waals surface area contributed by atoms with E-state index in [0.29, 0.717) is 28.5 Å². The molecule has 1 aromatic rings. The minimum atomic E-state index is 0.129. The average Bonchev–Trinajstić information content (AvgIpc) is 3.01. The number of carbonyl (C=O) groups excluding carboxylic acids is 1. The number of amides is 1. The van der Waals surface area contributed by atoms with Gasteiger partial charge >= 0.3 is 0 Å². The molecule has 2 aliphatic heterocycles. The third kappa shape index (κ3) is 2.46. The lowest BCUT2D eigenvalue weighted by atomic mass is 9.93. The van der Waals surface area contributed by atoms with Crippen molar-refractivity contribution >= 4 is 40.1 Å². The van der Waals surface area contributed by atoms with Gasteiger partial charge in [-0.25, -0.2) is 0 Å². The van der Waals surface area contributed by atoms with E-state index in [1.807, 2.05) is 12.1 Å². The van der Waals surface area contributed by atoms with Gasteiger partial charge in [0.25, 0.3) is 5.91 Å². The molecule has 2 fully saturated rings. The smallest absolute Gasteiger partial charge is 0.254 e. The Morgan fingerprint density at radius 2 is 2.30 bits per heavy atom. The molecule has 0 radical (unpaired) electrons. The second-order valence-electron chi connectivity index (χ2n) is 5.64. The number of rotatable bonds is 2. The number of fused-ring (bicyclic) bond motifs is 1. The van der Waals surface area contributed by atoms with Gasteiger partial charge in [0.15, 0.2) is 0 Å². The molecule has 2 heterocycles. The zero-order valence-corrected chi connectivity index (χ0v) is 14.3. The van der Waals surface area contributed by atoms with E-state index in [1.165, 1.54) is 0 Å². The van der Waals surface area contributed by atoms with Crippen LogP contribution in [0.3, 0.4) is 0 Å². The number of nitrogens with zero attached hydrogens (tertiary/aromatic N) is 1. The molecule has 3 nitrogen and oxygen atoms in total. The first kappa shape index (κ1) is 14.6. The molecule has 5 heteroatoms. The van der Waals surface area contributed by atoms with E-state index in [2.05, 4.69) is 39.7 Å². The summed E-state index contributed by atoms with van der Waals surface area (Å²) in [5.41, 5.74) is 0.710. The molecule has 108 valence electrons. The predicted octanol–water partition coefficient (Wildman–Crippen LogP) is 3.01. The predicted molar refractivity (Wildman–Crippen MR) is 89.1 cm³/mol. The monoisotopic (exact) mass is 404 g/mol. The maximum atomic E-state index is 12.8. The molecule has 0 spiro atoms.